The van der Waals surface area contributed by atoms with Gasteiger partial charge in [-0.15, -0.1) is 0 Å². The van der Waals surface area contributed by atoms with E-state index in [0.29, 0.717) is 11.8 Å². The summed E-state index contributed by atoms with van der Waals surface area (Å²) in [5, 5.41) is 13.3. The average molecular weight is 233 g/mol. The van der Waals surface area contributed by atoms with Gasteiger partial charge in [-0.2, -0.15) is 0 Å². The zero-order chi connectivity index (χ0) is 12.5. The molecule has 0 saturated heterocycles. The minimum atomic E-state index is 0.0987. The molecule has 1 atom stereocenters. The van der Waals surface area contributed by atoms with Crippen LogP contribution in [0.1, 0.15) is 44.7 Å². The maximum Gasteiger partial charge on any atom is 0.115 e. The molecule has 0 amide bonds. The molecular weight excluding hydrogens is 210 g/mol. The summed E-state index contributed by atoms with van der Waals surface area (Å²) in [5.74, 6) is 0.382. The maximum absolute atomic E-state index is 9.66. The number of phenolic OH excluding ortho intramolecular Hbond substituents is 1. The zero-order valence-electron chi connectivity index (χ0n) is 11.1. The van der Waals surface area contributed by atoms with Gasteiger partial charge in [0.05, 0.1) is 0 Å². The summed E-state index contributed by atoms with van der Waals surface area (Å²) in [5.41, 5.74) is 2.79. The van der Waals surface area contributed by atoms with Crippen LogP contribution in [-0.4, -0.2) is 17.7 Å². The van der Waals surface area contributed by atoms with E-state index in [9.17, 15) is 5.11 Å². The van der Waals surface area contributed by atoms with Crippen molar-refractivity contribution >= 4 is 0 Å². The lowest BCUT2D eigenvalue weighted by Crippen LogP contribution is -2.48. The molecule has 0 aliphatic heterocycles. The lowest BCUT2D eigenvalue weighted by atomic mass is 9.69. The Morgan fingerprint density at radius 2 is 2.18 bits per heavy atom. The number of aromatic hydroxyl groups is 1. The van der Waals surface area contributed by atoms with E-state index in [1.165, 1.54) is 24.0 Å². The van der Waals surface area contributed by atoms with Gasteiger partial charge in [-0.1, -0.05) is 26.8 Å². The molecule has 0 bridgehead atoms. The van der Waals surface area contributed by atoms with Crippen molar-refractivity contribution in [2.45, 2.75) is 51.5 Å². The highest BCUT2D eigenvalue weighted by Crippen LogP contribution is 2.38. The van der Waals surface area contributed by atoms with E-state index in [-0.39, 0.29) is 5.41 Å². The van der Waals surface area contributed by atoms with Crippen LogP contribution in [0.3, 0.4) is 0 Å². The Kier molecular flexibility index (Phi) is 3.43. The van der Waals surface area contributed by atoms with Crippen LogP contribution in [0.2, 0.25) is 0 Å². The molecule has 17 heavy (non-hydrogen) atoms. The van der Waals surface area contributed by atoms with Gasteiger partial charge in [-0.3, -0.25) is 0 Å². The summed E-state index contributed by atoms with van der Waals surface area (Å²) in [6.07, 6.45) is 3.46. The molecule has 1 aliphatic rings. The SMILES string of the molecule is CCCN[C@@H]1CCc2ccc(O)cc2C1(C)C. The van der Waals surface area contributed by atoms with Gasteiger partial charge in [0.25, 0.3) is 0 Å². The standard InChI is InChI=1S/C15H23NO/c1-4-9-16-14-8-6-11-5-7-12(17)10-13(11)15(14,2)3/h5,7,10,14,16-17H,4,6,8-9H2,1-3H3/t14-/m1/s1. The number of phenols is 1. The first kappa shape index (κ1) is 12.4. The fourth-order valence-electron chi connectivity index (χ4n) is 2.91. The topological polar surface area (TPSA) is 32.3 Å². The lowest BCUT2D eigenvalue weighted by molar-refractivity contribution is 0.302. The first-order valence-corrected chi connectivity index (χ1v) is 6.61. The van der Waals surface area contributed by atoms with Crippen molar-refractivity contribution in [3.05, 3.63) is 29.3 Å². The second kappa shape index (κ2) is 4.69. The summed E-state index contributed by atoms with van der Waals surface area (Å²) >= 11 is 0. The Balaban J connectivity index is 2.30. The van der Waals surface area contributed by atoms with E-state index >= 15 is 0 Å². The molecule has 0 spiro atoms. The monoisotopic (exact) mass is 233 g/mol. The van der Waals surface area contributed by atoms with Gasteiger partial charge in [-0.25, -0.2) is 0 Å². The Labute approximate surface area is 104 Å². The molecule has 0 unspecified atom stereocenters. The van der Waals surface area contributed by atoms with E-state index in [0.717, 1.165) is 13.0 Å². The third-order valence-corrected chi connectivity index (χ3v) is 4.00. The van der Waals surface area contributed by atoms with Gasteiger partial charge in [-0.05, 0) is 49.1 Å². The molecule has 0 saturated carbocycles. The molecule has 1 aliphatic carbocycles. The molecule has 0 heterocycles. The summed E-state index contributed by atoms with van der Waals surface area (Å²) in [6.45, 7) is 7.82. The van der Waals surface area contributed by atoms with Crippen LogP contribution in [0.5, 0.6) is 5.75 Å². The first-order valence-electron chi connectivity index (χ1n) is 6.61. The van der Waals surface area contributed by atoms with Crippen LogP contribution in [0.15, 0.2) is 18.2 Å². The second-order valence-electron chi connectivity index (χ2n) is 5.61. The van der Waals surface area contributed by atoms with E-state index in [4.69, 9.17) is 0 Å². The van der Waals surface area contributed by atoms with Crippen LogP contribution in [0.4, 0.5) is 0 Å². The van der Waals surface area contributed by atoms with Crippen molar-refractivity contribution in [2.75, 3.05) is 6.54 Å². The van der Waals surface area contributed by atoms with Crippen molar-refractivity contribution in [1.82, 2.24) is 5.32 Å². The van der Waals surface area contributed by atoms with Crippen LogP contribution in [0.25, 0.3) is 0 Å². The smallest absolute Gasteiger partial charge is 0.115 e. The highest BCUT2D eigenvalue weighted by atomic mass is 16.3. The van der Waals surface area contributed by atoms with Gasteiger partial charge < -0.3 is 10.4 Å². The Morgan fingerprint density at radius 1 is 1.41 bits per heavy atom. The number of hydrogen-bond acceptors (Lipinski definition) is 2. The molecule has 0 fully saturated rings. The van der Waals surface area contributed by atoms with Gasteiger partial charge in [0, 0.05) is 11.5 Å². The fourth-order valence-corrected chi connectivity index (χ4v) is 2.91. The molecular formula is C15H23NO. The molecule has 2 heteroatoms. The number of rotatable bonds is 3. The maximum atomic E-state index is 9.66. The molecule has 0 aromatic heterocycles. The molecule has 2 rings (SSSR count). The summed E-state index contributed by atoms with van der Waals surface area (Å²) in [7, 11) is 0. The minimum absolute atomic E-state index is 0.0987. The number of benzene rings is 1. The van der Waals surface area contributed by atoms with Crippen molar-refractivity contribution in [2.24, 2.45) is 0 Å². The highest BCUT2D eigenvalue weighted by Gasteiger charge is 2.36. The fraction of sp³-hybridized carbons (Fsp3) is 0.600. The van der Waals surface area contributed by atoms with Crippen LogP contribution in [-0.2, 0) is 11.8 Å². The van der Waals surface area contributed by atoms with Crippen molar-refractivity contribution in [1.29, 1.82) is 0 Å². The summed E-state index contributed by atoms with van der Waals surface area (Å²) in [6, 6.07) is 6.32. The highest BCUT2D eigenvalue weighted by molar-refractivity contribution is 5.42. The van der Waals surface area contributed by atoms with Crippen molar-refractivity contribution in [3.8, 4) is 5.75 Å². The normalized spacial score (nSPS) is 22.2. The Morgan fingerprint density at radius 3 is 2.88 bits per heavy atom. The minimum Gasteiger partial charge on any atom is -0.508 e. The van der Waals surface area contributed by atoms with E-state index in [1.807, 2.05) is 6.07 Å². The molecule has 1 aromatic carbocycles. The molecule has 94 valence electrons. The number of aryl methyl sites for hydroxylation is 1. The van der Waals surface area contributed by atoms with E-state index < -0.39 is 0 Å². The number of hydrogen-bond donors (Lipinski definition) is 2. The number of nitrogens with one attached hydrogen (secondary N) is 1. The number of fused-ring (bicyclic) bond motifs is 1. The van der Waals surface area contributed by atoms with Gasteiger partial charge in [0.15, 0.2) is 0 Å². The third kappa shape index (κ3) is 2.32. The average Bonchev–Trinajstić information content (AvgIpc) is 2.29. The molecule has 2 N–H and O–H groups in total. The van der Waals surface area contributed by atoms with Gasteiger partial charge >= 0.3 is 0 Å². The van der Waals surface area contributed by atoms with Gasteiger partial charge in [0.1, 0.15) is 5.75 Å². The van der Waals surface area contributed by atoms with E-state index in [1.54, 1.807) is 6.07 Å². The second-order valence-corrected chi connectivity index (χ2v) is 5.61. The summed E-state index contributed by atoms with van der Waals surface area (Å²) in [4.78, 5) is 0. The Bertz CT molecular complexity index is 398. The molecule has 0 radical (unpaired) electrons. The quantitative estimate of drug-likeness (QED) is 0.841. The Hall–Kier alpha value is -1.02. The predicted octanol–water partition coefficient (Wildman–Crippen LogP) is 2.98. The van der Waals surface area contributed by atoms with Crippen LogP contribution >= 0.6 is 0 Å². The third-order valence-electron chi connectivity index (χ3n) is 4.00. The molecule has 1 aromatic rings. The van der Waals surface area contributed by atoms with Crippen molar-refractivity contribution in [3.63, 3.8) is 0 Å². The summed E-state index contributed by atoms with van der Waals surface area (Å²) < 4.78 is 0. The lowest BCUT2D eigenvalue weighted by Gasteiger charge is -2.41. The van der Waals surface area contributed by atoms with Crippen LogP contribution < -0.4 is 5.32 Å². The van der Waals surface area contributed by atoms with E-state index in [2.05, 4.69) is 32.2 Å². The first-order chi connectivity index (χ1) is 8.05. The van der Waals surface area contributed by atoms with Gasteiger partial charge in [0.2, 0.25) is 0 Å². The van der Waals surface area contributed by atoms with Crippen LogP contribution in [0, 0.1) is 0 Å². The largest absolute Gasteiger partial charge is 0.508 e. The molecule has 2 nitrogen and oxygen atoms in total. The predicted molar refractivity (Wildman–Crippen MR) is 71.5 cm³/mol. The zero-order valence-corrected chi connectivity index (χ0v) is 11.1. The van der Waals surface area contributed by atoms with Crippen molar-refractivity contribution < 1.29 is 5.11 Å².